The molecule has 0 radical (unpaired) electrons. The Bertz CT molecular complexity index is 793. The maximum Gasteiger partial charge on any atom is 0.222 e. The highest BCUT2D eigenvalue weighted by Gasteiger charge is 2.34. The number of amides is 1. The summed E-state index contributed by atoms with van der Waals surface area (Å²) in [6, 6.07) is 7.68. The second-order valence-corrected chi connectivity index (χ2v) is 9.69. The second-order valence-electron chi connectivity index (χ2n) is 9.69. The molecule has 1 amide bonds. The first-order valence-corrected chi connectivity index (χ1v) is 12.4. The van der Waals surface area contributed by atoms with Gasteiger partial charge in [-0.1, -0.05) is 37.6 Å². The lowest BCUT2D eigenvalue weighted by Crippen LogP contribution is -2.41. The van der Waals surface area contributed by atoms with Gasteiger partial charge in [-0.3, -0.25) is 9.59 Å². The van der Waals surface area contributed by atoms with E-state index >= 15 is 0 Å². The van der Waals surface area contributed by atoms with Crippen LogP contribution in [0.1, 0.15) is 81.5 Å². The monoisotopic (exact) mass is 423 g/mol. The van der Waals surface area contributed by atoms with E-state index in [2.05, 4.69) is 19.1 Å². The van der Waals surface area contributed by atoms with Gasteiger partial charge in [0.15, 0.2) is 5.78 Å². The zero-order chi connectivity index (χ0) is 21.6. The lowest BCUT2D eigenvalue weighted by molar-refractivity contribution is -0.133. The number of allylic oxidation sites excluding steroid dienone is 2. The summed E-state index contributed by atoms with van der Waals surface area (Å²) in [5, 5.41) is 0. The van der Waals surface area contributed by atoms with Gasteiger partial charge in [-0.05, 0) is 62.0 Å². The fourth-order valence-electron chi connectivity index (χ4n) is 5.54. The van der Waals surface area contributed by atoms with Gasteiger partial charge in [0.2, 0.25) is 5.91 Å². The molecule has 4 nitrogen and oxygen atoms in total. The second kappa shape index (κ2) is 10.5. The molecule has 4 rings (SSSR count). The summed E-state index contributed by atoms with van der Waals surface area (Å²) in [5.74, 6) is 3.64. The molecule has 1 aromatic rings. The van der Waals surface area contributed by atoms with Crippen molar-refractivity contribution in [3.63, 3.8) is 0 Å². The molecular formula is C27H37NO3. The number of ether oxygens (including phenoxy) is 1. The molecule has 0 N–H and O–H groups in total. The first-order valence-electron chi connectivity index (χ1n) is 12.4. The molecule has 3 aliphatic rings. The molecule has 4 heteroatoms. The van der Waals surface area contributed by atoms with Crippen LogP contribution in [0.2, 0.25) is 0 Å². The van der Waals surface area contributed by atoms with Crippen LogP contribution >= 0.6 is 0 Å². The van der Waals surface area contributed by atoms with E-state index in [4.69, 9.17) is 4.74 Å². The number of rotatable bonds is 10. The lowest BCUT2D eigenvalue weighted by atomic mass is 9.88. The Balaban J connectivity index is 1.20. The summed E-state index contributed by atoms with van der Waals surface area (Å²) in [6.07, 6.45) is 14.7. The summed E-state index contributed by atoms with van der Waals surface area (Å²) >= 11 is 0. The van der Waals surface area contributed by atoms with Gasteiger partial charge in [0.1, 0.15) is 11.9 Å². The number of piperidine rings is 1. The van der Waals surface area contributed by atoms with Crippen LogP contribution in [0.3, 0.4) is 0 Å². The highest BCUT2D eigenvalue weighted by atomic mass is 16.5. The maximum atomic E-state index is 12.7. The zero-order valence-corrected chi connectivity index (χ0v) is 18.9. The normalized spacial score (nSPS) is 25.2. The summed E-state index contributed by atoms with van der Waals surface area (Å²) in [4.78, 5) is 26.9. The van der Waals surface area contributed by atoms with Crippen molar-refractivity contribution in [2.45, 2.75) is 77.2 Å². The molecule has 1 saturated heterocycles. The van der Waals surface area contributed by atoms with Crippen LogP contribution < -0.4 is 4.74 Å². The van der Waals surface area contributed by atoms with Gasteiger partial charge in [-0.2, -0.15) is 0 Å². The summed E-state index contributed by atoms with van der Waals surface area (Å²) < 4.78 is 6.18. The van der Waals surface area contributed by atoms with E-state index in [1.165, 1.54) is 19.3 Å². The van der Waals surface area contributed by atoms with Crippen molar-refractivity contribution < 1.29 is 14.3 Å². The minimum Gasteiger partial charge on any atom is -0.490 e. The zero-order valence-electron chi connectivity index (χ0n) is 18.9. The largest absolute Gasteiger partial charge is 0.490 e. The lowest BCUT2D eigenvalue weighted by Gasteiger charge is -2.32. The molecule has 3 unspecified atom stereocenters. The number of fused-ring (bicyclic) bond motifs is 2. The van der Waals surface area contributed by atoms with Crippen molar-refractivity contribution in [3.05, 3.63) is 42.0 Å². The number of ketones is 1. The minimum absolute atomic E-state index is 0.117. The number of hydrogen-bond acceptors (Lipinski definition) is 3. The molecule has 31 heavy (non-hydrogen) atoms. The number of nitrogens with zero attached hydrogens (tertiary/aromatic N) is 1. The van der Waals surface area contributed by atoms with Crippen LogP contribution in [-0.4, -0.2) is 35.8 Å². The van der Waals surface area contributed by atoms with Crippen LogP contribution in [0.25, 0.3) is 0 Å². The quantitative estimate of drug-likeness (QED) is 0.352. The Morgan fingerprint density at radius 3 is 2.61 bits per heavy atom. The molecule has 2 fully saturated rings. The summed E-state index contributed by atoms with van der Waals surface area (Å²) in [5.41, 5.74) is 0.762. The van der Waals surface area contributed by atoms with Gasteiger partial charge in [-0.15, -0.1) is 0 Å². The number of benzene rings is 1. The van der Waals surface area contributed by atoms with E-state index in [0.29, 0.717) is 12.8 Å². The van der Waals surface area contributed by atoms with Crippen molar-refractivity contribution >= 4 is 11.7 Å². The average Bonchev–Trinajstić information content (AvgIpc) is 3.41. The standard InChI is InChI=1S/C27H37NO3/c1-2-3-10-27(30)28-15-13-24(14-16-28)31-25-8-4-7-23(19-25)26(29)9-5-6-21-17-20-11-12-22(21)18-20/h4,7-8,11-12,19-22,24H,2-3,5-6,9-10,13-18H2,1H3. The number of hydrogen-bond donors (Lipinski definition) is 0. The molecule has 0 spiro atoms. The van der Waals surface area contributed by atoms with Crippen LogP contribution in [0, 0.1) is 17.8 Å². The first kappa shape index (κ1) is 22.1. The smallest absolute Gasteiger partial charge is 0.222 e. The number of unbranched alkanes of at least 4 members (excludes halogenated alkanes) is 1. The number of likely N-dealkylation sites (tertiary alicyclic amines) is 1. The van der Waals surface area contributed by atoms with Gasteiger partial charge >= 0.3 is 0 Å². The minimum atomic E-state index is 0.117. The van der Waals surface area contributed by atoms with E-state index in [1.807, 2.05) is 29.2 Å². The van der Waals surface area contributed by atoms with Crippen molar-refractivity contribution in [1.82, 2.24) is 4.90 Å². The van der Waals surface area contributed by atoms with E-state index in [1.54, 1.807) is 0 Å². The Kier molecular flexibility index (Phi) is 7.47. The molecule has 2 bridgehead atoms. The predicted octanol–water partition coefficient (Wildman–Crippen LogP) is 5.81. The van der Waals surface area contributed by atoms with E-state index in [0.717, 1.165) is 74.3 Å². The average molecular weight is 424 g/mol. The van der Waals surface area contributed by atoms with Gasteiger partial charge in [0.25, 0.3) is 0 Å². The summed E-state index contributed by atoms with van der Waals surface area (Å²) in [6.45, 7) is 3.65. The van der Waals surface area contributed by atoms with Crippen LogP contribution in [0.15, 0.2) is 36.4 Å². The third kappa shape index (κ3) is 5.78. The molecular weight excluding hydrogens is 386 g/mol. The third-order valence-corrected chi connectivity index (χ3v) is 7.39. The van der Waals surface area contributed by atoms with Crippen molar-refractivity contribution in [2.75, 3.05) is 13.1 Å². The molecule has 2 aliphatic carbocycles. The Morgan fingerprint density at radius 1 is 1.06 bits per heavy atom. The first-order chi connectivity index (χ1) is 15.1. The number of carbonyl (C=O) groups is 2. The molecule has 3 atom stereocenters. The van der Waals surface area contributed by atoms with E-state index < -0.39 is 0 Å². The number of carbonyl (C=O) groups excluding carboxylic acids is 2. The Labute approximate surface area is 187 Å². The maximum absolute atomic E-state index is 12.7. The Hall–Kier alpha value is -2.10. The topological polar surface area (TPSA) is 46.6 Å². The van der Waals surface area contributed by atoms with Gasteiger partial charge in [0.05, 0.1) is 0 Å². The van der Waals surface area contributed by atoms with E-state index in [-0.39, 0.29) is 17.8 Å². The molecule has 1 saturated carbocycles. The van der Waals surface area contributed by atoms with Crippen molar-refractivity contribution in [2.24, 2.45) is 17.8 Å². The molecule has 168 valence electrons. The molecule has 1 heterocycles. The van der Waals surface area contributed by atoms with Crippen LogP contribution in [0.4, 0.5) is 0 Å². The summed E-state index contributed by atoms with van der Waals surface area (Å²) in [7, 11) is 0. The highest BCUT2D eigenvalue weighted by Crippen LogP contribution is 2.45. The highest BCUT2D eigenvalue weighted by molar-refractivity contribution is 5.96. The SMILES string of the molecule is CCCCC(=O)N1CCC(Oc2cccc(C(=O)CCCC3CC4C=CC3C4)c2)CC1. The van der Waals surface area contributed by atoms with Gasteiger partial charge in [-0.25, -0.2) is 0 Å². The fraction of sp³-hybridized carbons (Fsp3) is 0.630. The Morgan fingerprint density at radius 2 is 1.90 bits per heavy atom. The van der Waals surface area contributed by atoms with Crippen LogP contribution in [-0.2, 0) is 4.79 Å². The van der Waals surface area contributed by atoms with Gasteiger partial charge < -0.3 is 9.64 Å². The van der Waals surface area contributed by atoms with Crippen LogP contribution in [0.5, 0.6) is 5.75 Å². The van der Waals surface area contributed by atoms with E-state index in [9.17, 15) is 9.59 Å². The molecule has 0 aromatic heterocycles. The third-order valence-electron chi connectivity index (χ3n) is 7.39. The molecule has 1 aromatic carbocycles. The van der Waals surface area contributed by atoms with Gasteiger partial charge in [0, 0.05) is 44.3 Å². The number of Topliss-reactive ketones (excluding diaryl/α,β-unsaturated/α-hetero) is 1. The van der Waals surface area contributed by atoms with Crippen molar-refractivity contribution in [1.29, 1.82) is 0 Å². The van der Waals surface area contributed by atoms with Crippen molar-refractivity contribution in [3.8, 4) is 5.75 Å². The predicted molar refractivity (Wildman–Crippen MR) is 123 cm³/mol. The molecule has 1 aliphatic heterocycles. The fourth-order valence-corrected chi connectivity index (χ4v) is 5.54.